The van der Waals surface area contributed by atoms with Gasteiger partial charge in [0.05, 0.1) is 15.1 Å². The van der Waals surface area contributed by atoms with Gasteiger partial charge in [-0.15, -0.1) is 0 Å². The van der Waals surface area contributed by atoms with Gasteiger partial charge in [0.1, 0.15) is 18.2 Å². The van der Waals surface area contributed by atoms with Gasteiger partial charge in [-0.2, -0.15) is 0 Å². The highest BCUT2D eigenvalue weighted by atomic mass is 79.9. The number of thioether (sulfide) groups is 1. The lowest BCUT2D eigenvalue weighted by molar-refractivity contribution is -0.115. The van der Waals surface area contributed by atoms with Gasteiger partial charge in [0.15, 0.2) is 5.17 Å². The fourth-order valence-corrected chi connectivity index (χ4v) is 5.16. The Kier molecular flexibility index (Phi) is 7.35. The van der Waals surface area contributed by atoms with E-state index < -0.39 is 0 Å². The second kappa shape index (κ2) is 10.2. The van der Waals surface area contributed by atoms with Crippen molar-refractivity contribution in [1.29, 1.82) is 0 Å². The van der Waals surface area contributed by atoms with E-state index in [1.165, 1.54) is 23.9 Å². The number of hydrogen-bond acceptors (Lipinski definition) is 4. The second-order valence-electron chi connectivity index (χ2n) is 6.68. The van der Waals surface area contributed by atoms with Crippen molar-refractivity contribution < 1.29 is 13.9 Å². The number of ether oxygens (including phenoxy) is 1. The van der Waals surface area contributed by atoms with Gasteiger partial charge < -0.3 is 10.1 Å². The average molecular weight is 597 g/mol. The van der Waals surface area contributed by atoms with Crippen LogP contribution in [0.25, 0.3) is 6.08 Å². The Morgan fingerprint density at radius 2 is 1.81 bits per heavy atom. The number of amides is 1. The zero-order chi connectivity index (χ0) is 22.7. The van der Waals surface area contributed by atoms with Crippen LogP contribution in [0.3, 0.4) is 0 Å². The first-order chi connectivity index (χ1) is 15.4. The summed E-state index contributed by atoms with van der Waals surface area (Å²) in [5.74, 6) is 0.0224. The lowest BCUT2D eigenvalue weighted by Crippen LogP contribution is -2.19. The third-order valence-electron chi connectivity index (χ3n) is 4.33. The van der Waals surface area contributed by atoms with E-state index in [9.17, 15) is 9.18 Å². The normalized spacial score (nSPS) is 15.9. The Balaban J connectivity index is 1.59. The molecule has 1 aliphatic heterocycles. The van der Waals surface area contributed by atoms with Gasteiger partial charge in [0.2, 0.25) is 0 Å². The largest absolute Gasteiger partial charge is 0.487 e. The third-order valence-corrected chi connectivity index (χ3v) is 6.54. The molecule has 4 nitrogen and oxygen atoms in total. The maximum absolute atomic E-state index is 13.2. The van der Waals surface area contributed by atoms with Gasteiger partial charge in [-0.1, -0.05) is 39.7 Å². The molecule has 0 spiro atoms. The molecule has 3 aromatic rings. The zero-order valence-electron chi connectivity index (χ0n) is 16.2. The lowest BCUT2D eigenvalue weighted by atomic mass is 10.1. The van der Waals surface area contributed by atoms with Crippen molar-refractivity contribution in [2.45, 2.75) is 6.61 Å². The Bertz CT molecular complexity index is 1230. The van der Waals surface area contributed by atoms with Crippen molar-refractivity contribution in [2.75, 3.05) is 0 Å². The van der Waals surface area contributed by atoms with E-state index in [1.807, 2.05) is 12.1 Å². The van der Waals surface area contributed by atoms with Gasteiger partial charge in [-0.25, -0.2) is 9.38 Å². The molecule has 0 unspecified atom stereocenters. The number of halogens is 4. The van der Waals surface area contributed by atoms with Crippen LogP contribution in [0, 0.1) is 5.82 Å². The lowest BCUT2D eigenvalue weighted by Gasteiger charge is -2.13. The molecule has 3 aromatic carbocycles. The number of rotatable bonds is 5. The van der Waals surface area contributed by atoms with Crippen LogP contribution in [0.5, 0.6) is 5.75 Å². The average Bonchev–Trinajstić information content (AvgIpc) is 3.09. The highest BCUT2D eigenvalue weighted by Gasteiger charge is 2.25. The summed E-state index contributed by atoms with van der Waals surface area (Å²) < 4.78 is 20.7. The summed E-state index contributed by atoms with van der Waals surface area (Å²) in [7, 11) is 0. The van der Waals surface area contributed by atoms with Crippen LogP contribution in [0.1, 0.15) is 11.1 Å². The number of nitrogens with zero attached hydrogens (tertiary/aromatic N) is 1. The van der Waals surface area contributed by atoms with Gasteiger partial charge in [0, 0.05) is 15.1 Å². The van der Waals surface area contributed by atoms with Crippen molar-refractivity contribution in [3.8, 4) is 5.75 Å². The fourth-order valence-electron chi connectivity index (χ4n) is 2.83. The number of carbonyl (C=O) groups excluding carboxylic acids is 1. The molecule has 1 amide bonds. The highest BCUT2D eigenvalue weighted by Crippen LogP contribution is 2.37. The molecular weight excluding hydrogens is 583 g/mol. The number of benzene rings is 3. The maximum Gasteiger partial charge on any atom is 0.264 e. The van der Waals surface area contributed by atoms with Crippen LogP contribution in [-0.2, 0) is 11.4 Å². The molecule has 0 atom stereocenters. The minimum Gasteiger partial charge on any atom is -0.487 e. The molecular formula is C23H14Br2ClFN2O2S. The van der Waals surface area contributed by atoms with Crippen LogP contribution >= 0.6 is 55.2 Å². The van der Waals surface area contributed by atoms with Crippen molar-refractivity contribution >= 4 is 78.1 Å². The van der Waals surface area contributed by atoms with Crippen LogP contribution in [0.15, 0.2) is 79.5 Å². The van der Waals surface area contributed by atoms with Crippen molar-refractivity contribution in [2.24, 2.45) is 4.99 Å². The fraction of sp³-hybridized carbons (Fsp3) is 0.0435. The monoisotopic (exact) mass is 594 g/mol. The summed E-state index contributed by atoms with van der Waals surface area (Å²) in [5, 5.41) is 3.87. The van der Waals surface area contributed by atoms with Crippen LogP contribution in [0.4, 0.5) is 10.1 Å². The quantitative estimate of drug-likeness (QED) is 0.311. The molecule has 1 fully saturated rings. The molecule has 0 aliphatic carbocycles. The molecule has 1 aliphatic rings. The van der Waals surface area contributed by atoms with Gasteiger partial charge in [-0.3, -0.25) is 4.79 Å². The summed E-state index contributed by atoms with van der Waals surface area (Å²) >= 11 is 14.1. The Hall–Kier alpha value is -2.13. The molecule has 0 aromatic heterocycles. The van der Waals surface area contributed by atoms with Crippen molar-refractivity contribution in [1.82, 2.24) is 5.32 Å². The first-order valence-corrected chi connectivity index (χ1v) is 12.1. The van der Waals surface area contributed by atoms with Crippen LogP contribution in [0.2, 0.25) is 5.02 Å². The van der Waals surface area contributed by atoms with E-state index in [2.05, 4.69) is 42.2 Å². The summed E-state index contributed by atoms with van der Waals surface area (Å²) in [6.07, 6.45) is 1.75. The Labute approximate surface area is 210 Å². The first-order valence-electron chi connectivity index (χ1n) is 9.29. The van der Waals surface area contributed by atoms with Gasteiger partial charge in [0.25, 0.3) is 5.91 Å². The number of carbonyl (C=O) groups is 1. The minimum atomic E-state index is -0.302. The van der Waals surface area contributed by atoms with E-state index in [4.69, 9.17) is 16.3 Å². The second-order valence-corrected chi connectivity index (χ2v) is 9.92. The molecule has 162 valence electrons. The number of aliphatic imine (C=N–C) groups is 1. The minimum absolute atomic E-state index is 0.247. The van der Waals surface area contributed by atoms with Crippen molar-refractivity contribution in [3.05, 3.63) is 96.5 Å². The molecule has 4 rings (SSSR count). The SMILES string of the molecule is O=C1NC(=Nc2ccc(Cl)cc2)S/C1=C\c1cc(Br)cc(Br)c1OCc1ccc(F)cc1. The van der Waals surface area contributed by atoms with E-state index in [-0.39, 0.29) is 18.3 Å². The summed E-state index contributed by atoms with van der Waals surface area (Å²) in [4.78, 5) is 17.5. The van der Waals surface area contributed by atoms with E-state index in [0.29, 0.717) is 32.1 Å². The maximum atomic E-state index is 13.2. The summed E-state index contributed by atoms with van der Waals surface area (Å²) in [5.41, 5.74) is 2.22. The number of nitrogens with one attached hydrogen (secondary N) is 1. The van der Waals surface area contributed by atoms with Crippen molar-refractivity contribution in [3.63, 3.8) is 0 Å². The van der Waals surface area contributed by atoms with E-state index >= 15 is 0 Å². The molecule has 1 N–H and O–H groups in total. The van der Waals surface area contributed by atoms with Crippen LogP contribution in [-0.4, -0.2) is 11.1 Å². The number of hydrogen-bond donors (Lipinski definition) is 1. The molecule has 32 heavy (non-hydrogen) atoms. The number of amidine groups is 1. The first kappa shape index (κ1) is 23.0. The molecule has 9 heteroatoms. The molecule has 1 saturated heterocycles. The summed E-state index contributed by atoms with van der Waals surface area (Å²) in [6, 6.07) is 16.9. The van der Waals surface area contributed by atoms with Gasteiger partial charge >= 0.3 is 0 Å². The molecule has 0 saturated carbocycles. The van der Waals surface area contributed by atoms with E-state index in [0.717, 1.165) is 14.5 Å². The van der Waals surface area contributed by atoms with E-state index in [1.54, 1.807) is 42.5 Å². The highest BCUT2D eigenvalue weighted by molar-refractivity contribution is 9.11. The third kappa shape index (κ3) is 5.81. The predicted octanol–water partition coefficient (Wildman–Crippen LogP) is 7.47. The molecule has 0 bridgehead atoms. The Morgan fingerprint density at radius 1 is 1.09 bits per heavy atom. The molecule has 1 heterocycles. The van der Waals surface area contributed by atoms with Gasteiger partial charge in [-0.05, 0) is 87.9 Å². The van der Waals surface area contributed by atoms with Crippen LogP contribution < -0.4 is 10.1 Å². The smallest absolute Gasteiger partial charge is 0.264 e. The Morgan fingerprint density at radius 3 is 2.53 bits per heavy atom. The predicted molar refractivity (Wildman–Crippen MR) is 135 cm³/mol. The molecule has 0 radical (unpaired) electrons. The zero-order valence-corrected chi connectivity index (χ0v) is 21.0. The topological polar surface area (TPSA) is 50.7 Å². The standard InChI is InChI=1S/C23H14Br2ClFN2O2S/c24-15-9-14(21(19(25)11-15)31-12-13-1-5-17(27)6-2-13)10-20-22(30)29-23(32-20)28-18-7-3-16(26)4-8-18/h1-11H,12H2,(H,28,29,30)/b20-10-. The summed E-state index contributed by atoms with van der Waals surface area (Å²) in [6.45, 7) is 0.249.